The first-order valence-corrected chi connectivity index (χ1v) is 28.6. The predicted octanol–water partition coefficient (Wildman–Crippen LogP) is 11.0. The van der Waals surface area contributed by atoms with Crippen molar-refractivity contribution in [3.05, 3.63) is 107 Å². The summed E-state index contributed by atoms with van der Waals surface area (Å²) in [6.45, 7) is 21.8. The van der Waals surface area contributed by atoms with Gasteiger partial charge in [0, 0.05) is 36.7 Å². The van der Waals surface area contributed by atoms with Crippen molar-refractivity contribution >= 4 is 70.9 Å². The molecule has 7 heterocycles. The lowest BCUT2D eigenvalue weighted by Crippen LogP contribution is -2.44. The van der Waals surface area contributed by atoms with Crippen LogP contribution in [0.15, 0.2) is 72.2 Å². The molecule has 11 rings (SSSR count). The molecule has 23 heteroatoms. The van der Waals surface area contributed by atoms with Crippen LogP contribution in [0.1, 0.15) is 158 Å². The minimum atomic E-state index is -0.576. The third kappa shape index (κ3) is 13.3. The molecule has 2 amide bonds. The largest absolute Gasteiger partial charge is 0.490 e. The molecule has 446 valence electrons. The molecule has 0 radical (unpaired) electrons. The highest BCUT2D eigenvalue weighted by Crippen LogP contribution is 2.44. The van der Waals surface area contributed by atoms with Crippen LogP contribution in [0.25, 0.3) is 33.4 Å². The molecule has 84 heavy (non-hydrogen) atoms. The Morgan fingerprint density at radius 3 is 1.52 bits per heavy atom. The predicted molar refractivity (Wildman–Crippen MR) is 313 cm³/mol. The van der Waals surface area contributed by atoms with Crippen molar-refractivity contribution < 1.29 is 60.8 Å². The van der Waals surface area contributed by atoms with Crippen LogP contribution >= 0.6 is 0 Å². The third-order valence-corrected chi connectivity index (χ3v) is 15.8. The summed E-state index contributed by atoms with van der Waals surface area (Å²) >= 11 is 0. The molecule has 0 unspecified atom stereocenters. The van der Waals surface area contributed by atoms with E-state index in [4.69, 9.17) is 44.2 Å². The van der Waals surface area contributed by atoms with Gasteiger partial charge < -0.3 is 38.9 Å². The highest BCUT2D eigenvalue weighted by molar-refractivity contribution is 6.54. The maximum Gasteiger partial charge on any atom is 0.490 e. The van der Waals surface area contributed by atoms with Crippen LogP contribution in [-0.4, -0.2) is 151 Å². The van der Waals surface area contributed by atoms with Gasteiger partial charge >= 0.3 is 31.2 Å². The van der Waals surface area contributed by atoms with Gasteiger partial charge in [0.05, 0.1) is 60.1 Å². The fourth-order valence-corrected chi connectivity index (χ4v) is 10.1. The number of esters is 2. The lowest BCUT2D eigenvalue weighted by molar-refractivity contribution is -0.440. The van der Waals surface area contributed by atoms with Crippen LogP contribution in [0.3, 0.4) is 0 Å². The number of hydrogen-bond donors (Lipinski definition) is 1. The van der Waals surface area contributed by atoms with Crippen LogP contribution in [0, 0.1) is 11.6 Å². The maximum absolute atomic E-state index is 13.7. The summed E-state index contributed by atoms with van der Waals surface area (Å²) in [6.07, 6.45) is 10.5. The lowest BCUT2D eigenvalue weighted by Gasteiger charge is -2.32. The number of nitrogens with two attached hydrogens (primary N) is 1. The van der Waals surface area contributed by atoms with E-state index in [0.717, 1.165) is 78.3 Å². The second-order valence-corrected chi connectivity index (χ2v) is 24.7. The van der Waals surface area contributed by atoms with Gasteiger partial charge in [0.1, 0.15) is 34.8 Å². The molecule has 3 aliphatic heterocycles. The number of nitrogen functional groups attached to an aromatic ring is 1. The number of amides is 2. The monoisotopic (exact) mass is 1160 g/mol. The number of fused-ring (bicyclic) bond motifs is 2. The standard InChI is InChI=1S/C27H31FN5O4.C18H17FN4O2.C16H28BNO4/c1-27(2,3)37-26(35)32-14-12-31(13-15-32)21-16-20(25(34)36-4)29-24-22(21)23(17-6-5-7-17)30-33(24)19-10-8-18(28)9-11-19;1-25-18(24)14-9-13(20)15-16(10-3-2-4-10)22-23(17(15)21-14)12-7-5-11(19)6-8-12;1-14(2,3)20-13(19)18-10-8-12(9-11-18)17-21-15(4,5)16(6,7)22-17/h8-12,16-17H,5-7,13-15H2,1-4H3;5-10H,2-4H2,1H3,(H2,20,21);8H,9-11H2,1-7H3/q+1;;. The third-order valence-electron chi connectivity index (χ3n) is 15.8. The highest BCUT2D eigenvalue weighted by Gasteiger charge is 2.52. The quantitative estimate of drug-likeness (QED) is 0.0648. The van der Waals surface area contributed by atoms with E-state index in [0.29, 0.717) is 67.0 Å². The van der Waals surface area contributed by atoms with Crippen molar-refractivity contribution in [2.45, 2.75) is 148 Å². The molecular formula is C61H76BF2N10O10+. The van der Waals surface area contributed by atoms with E-state index in [9.17, 15) is 28.0 Å². The van der Waals surface area contributed by atoms with Gasteiger partial charge in [-0.2, -0.15) is 14.8 Å². The maximum atomic E-state index is 13.7. The van der Waals surface area contributed by atoms with E-state index >= 15 is 0 Å². The number of nitrogens with zero attached hydrogens (tertiary/aromatic N) is 9. The zero-order chi connectivity index (χ0) is 60.6. The van der Waals surface area contributed by atoms with Crippen LogP contribution in [0.4, 0.5) is 29.7 Å². The molecule has 2 N–H and O–H groups in total. The topological polar surface area (TPSA) is 221 Å². The summed E-state index contributed by atoms with van der Waals surface area (Å²) in [5.74, 6) is -1.20. The summed E-state index contributed by atoms with van der Waals surface area (Å²) in [7, 11) is 2.30. The average molecular weight is 1160 g/mol. The number of ether oxygens (including phenoxy) is 4. The normalized spacial score (nSPS) is 17.9. The van der Waals surface area contributed by atoms with Gasteiger partial charge in [-0.1, -0.05) is 18.9 Å². The minimum absolute atomic E-state index is 0.121. The number of halogens is 2. The Bertz CT molecular complexity index is 3510. The van der Waals surface area contributed by atoms with E-state index in [1.165, 1.54) is 44.6 Å². The molecule has 0 spiro atoms. The zero-order valence-electron chi connectivity index (χ0n) is 50.1. The van der Waals surface area contributed by atoms with E-state index in [1.54, 1.807) is 49.5 Å². The molecule has 2 aromatic carbocycles. The molecule has 20 nitrogen and oxygen atoms in total. The molecule has 2 saturated carbocycles. The number of carbonyl (C=O) groups is 4. The highest BCUT2D eigenvalue weighted by atomic mass is 19.1. The van der Waals surface area contributed by atoms with Crippen molar-refractivity contribution in [3.63, 3.8) is 0 Å². The molecule has 0 bridgehead atoms. The fourth-order valence-electron chi connectivity index (χ4n) is 10.1. The second-order valence-electron chi connectivity index (χ2n) is 24.7. The van der Waals surface area contributed by atoms with E-state index in [2.05, 4.69) is 9.97 Å². The van der Waals surface area contributed by atoms with E-state index in [-0.39, 0.29) is 59.4 Å². The Morgan fingerprint density at radius 2 is 1.12 bits per heavy atom. The minimum Gasteiger partial charge on any atom is -0.464 e. The first kappa shape index (κ1) is 60.8. The van der Waals surface area contributed by atoms with Crippen LogP contribution < -0.4 is 5.73 Å². The smallest absolute Gasteiger partial charge is 0.464 e. The number of pyridine rings is 2. The van der Waals surface area contributed by atoms with Crippen LogP contribution in [-0.2, 0) is 28.3 Å². The Morgan fingerprint density at radius 1 is 0.667 bits per heavy atom. The van der Waals surface area contributed by atoms with Gasteiger partial charge in [0.15, 0.2) is 35.4 Å². The van der Waals surface area contributed by atoms with Gasteiger partial charge in [0.2, 0.25) is 5.69 Å². The lowest BCUT2D eigenvalue weighted by atomic mass is 9.75. The number of carbonyl (C=O) groups excluding carboxylic acids is 4. The Balaban J connectivity index is 0.000000158. The molecular weight excluding hydrogens is 1080 g/mol. The van der Waals surface area contributed by atoms with E-state index < -0.39 is 23.1 Å². The Kier molecular flexibility index (Phi) is 17.4. The molecule has 4 aromatic heterocycles. The Labute approximate surface area is 488 Å². The first-order valence-electron chi connectivity index (χ1n) is 28.6. The van der Waals surface area contributed by atoms with Gasteiger partial charge in [-0.05, 0) is 161 Å². The number of aromatic nitrogens is 6. The SMILES string of the molecule is CC(C)(C)OC(=O)N1CC=C(B2OC(C)(C)C(C)(C)O2)CC1.COC(=O)c1cc(N)c2c(C3CCC3)nn(-c3ccc(F)cc3)c2n1.COC(=O)c1cc([N+]2=CCN(C(=O)OC(C)(C)C)CC2)c2c(C3CCC3)nn(-c3ccc(F)cc3)c2n1. The second kappa shape index (κ2) is 24.1. The number of methoxy groups -OCH3 is 2. The van der Waals surface area contributed by atoms with Gasteiger partial charge in [0.25, 0.3) is 0 Å². The molecule has 6 aromatic rings. The first-order chi connectivity index (χ1) is 39.6. The number of rotatable bonds is 8. The molecule has 3 fully saturated rings. The van der Waals surface area contributed by atoms with Gasteiger partial charge in [-0.25, -0.2) is 47.3 Å². The van der Waals surface area contributed by atoms with Crippen molar-refractivity contribution in [1.29, 1.82) is 0 Å². The van der Waals surface area contributed by atoms with Crippen molar-refractivity contribution in [3.8, 4) is 11.4 Å². The summed E-state index contributed by atoms with van der Waals surface area (Å²) in [6, 6.07) is 15.2. The molecule has 2 aliphatic carbocycles. The Hall–Kier alpha value is -7.79. The van der Waals surface area contributed by atoms with Crippen LogP contribution in [0.2, 0.25) is 0 Å². The van der Waals surface area contributed by atoms with Crippen molar-refractivity contribution in [1.82, 2.24) is 39.3 Å². The zero-order valence-corrected chi connectivity index (χ0v) is 50.1. The van der Waals surface area contributed by atoms with Crippen molar-refractivity contribution in [2.24, 2.45) is 0 Å². The molecule has 1 saturated heterocycles. The number of benzene rings is 2. The van der Waals surface area contributed by atoms with Crippen LogP contribution in [0.5, 0.6) is 0 Å². The summed E-state index contributed by atoms with van der Waals surface area (Å²) in [5.41, 5.74) is 11.2. The molecule has 5 aliphatic rings. The fraction of sp³-hybridized carbons (Fsp3) is 0.492. The number of hydrogen-bond acceptors (Lipinski definition) is 15. The summed E-state index contributed by atoms with van der Waals surface area (Å²) in [4.78, 5) is 61.6. The summed E-state index contributed by atoms with van der Waals surface area (Å²) in [5, 5.41) is 11.2. The number of anilines is 1. The van der Waals surface area contributed by atoms with E-state index in [1.807, 2.05) is 86.1 Å². The summed E-state index contributed by atoms with van der Waals surface area (Å²) < 4.78 is 65.0. The molecule has 0 atom stereocenters. The van der Waals surface area contributed by atoms with Gasteiger partial charge in [-0.15, -0.1) is 0 Å². The van der Waals surface area contributed by atoms with Crippen molar-refractivity contribution in [2.75, 3.05) is 52.7 Å². The average Bonchev–Trinajstić information content (AvgIpc) is 1.78. The van der Waals surface area contributed by atoms with Gasteiger partial charge in [-0.3, -0.25) is 4.90 Å².